The van der Waals surface area contributed by atoms with Crippen molar-refractivity contribution in [2.45, 2.75) is 45.6 Å². The van der Waals surface area contributed by atoms with Crippen LogP contribution < -0.4 is 11.1 Å². The lowest BCUT2D eigenvalue weighted by Crippen LogP contribution is -2.48. The number of carbonyl (C=O) groups excluding carboxylic acids is 2. The van der Waals surface area contributed by atoms with E-state index in [1.54, 1.807) is 6.92 Å². The van der Waals surface area contributed by atoms with E-state index in [4.69, 9.17) is 10.7 Å². The first-order chi connectivity index (χ1) is 17.1. The Morgan fingerprint density at radius 2 is 1.78 bits per heavy atom. The van der Waals surface area contributed by atoms with Gasteiger partial charge in [-0.1, -0.05) is 48.0 Å². The number of anilines is 2. The predicted octanol–water partition coefficient (Wildman–Crippen LogP) is 5.39. The van der Waals surface area contributed by atoms with Crippen molar-refractivity contribution in [3.8, 4) is 0 Å². The van der Waals surface area contributed by atoms with E-state index in [1.807, 2.05) is 68.4 Å². The van der Waals surface area contributed by atoms with Crippen LogP contribution in [0.3, 0.4) is 0 Å². The van der Waals surface area contributed by atoms with Gasteiger partial charge in [-0.3, -0.25) is 9.59 Å². The number of amides is 1. The summed E-state index contributed by atoms with van der Waals surface area (Å²) >= 11 is 1.25. The molecule has 0 saturated heterocycles. The van der Waals surface area contributed by atoms with E-state index in [9.17, 15) is 14.7 Å². The number of nitrogens with two attached hydrogens (primary N) is 1. The van der Waals surface area contributed by atoms with Crippen molar-refractivity contribution >= 4 is 44.6 Å². The molecule has 3 atom stereocenters. The number of aryl methyl sites for hydroxylation is 2. The lowest BCUT2D eigenvalue weighted by molar-refractivity contribution is -0.130. The monoisotopic (exact) mass is 499 g/mol. The summed E-state index contributed by atoms with van der Waals surface area (Å²) in [7, 11) is 0. The van der Waals surface area contributed by atoms with Gasteiger partial charge in [-0.05, 0) is 56.5 Å². The quantitative estimate of drug-likeness (QED) is 0.349. The van der Waals surface area contributed by atoms with Gasteiger partial charge in [0.1, 0.15) is 15.5 Å². The van der Waals surface area contributed by atoms with Crippen molar-refractivity contribution in [3.63, 3.8) is 0 Å². The topological polar surface area (TPSA) is 105 Å². The highest BCUT2D eigenvalue weighted by atomic mass is 32.1. The molecule has 7 heteroatoms. The van der Waals surface area contributed by atoms with Crippen LogP contribution in [0, 0.1) is 19.8 Å². The van der Waals surface area contributed by atoms with Gasteiger partial charge in [0.05, 0.1) is 17.2 Å². The minimum absolute atomic E-state index is 0.0737. The fourth-order valence-electron chi connectivity index (χ4n) is 5.64. The Kier molecular flexibility index (Phi) is 5.93. The van der Waals surface area contributed by atoms with E-state index in [2.05, 4.69) is 5.32 Å². The number of Topliss-reactive ketones (excluding diaryl/α,β-unsaturated/α-hetero) is 1. The van der Waals surface area contributed by atoms with E-state index in [-0.39, 0.29) is 24.0 Å². The summed E-state index contributed by atoms with van der Waals surface area (Å²) in [5.74, 6) is -1.37. The van der Waals surface area contributed by atoms with Crippen LogP contribution in [0.4, 0.5) is 11.4 Å². The van der Waals surface area contributed by atoms with Gasteiger partial charge in [0.15, 0.2) is 0 Å². The number of nitrogens with one attached hydrogen (secondary N) is 1. The highest BCUT2D eigenvalue weighted by Gasteiger charge is 2.48. The molecule has 0 spiro atoms. The Balaban J connectivity index is 1.69. The third-order valence-electron chi connectivity index (χ3n) is 7.17. The fourth-order valence-corrected chi connectivity index (χ4v) is 6.71. The fraction of sp³-hybridized carbons (Fsp3) is 0.276. The number of benzene rings is 2. The Hall–Kier alpha value is -3.55. The molecule has 4 aromatic rings. The lowest BCUT2D eigenvalue weighted by Gasteiger charge is -2.43. The van der Waals surface area contributed by atoms with Crippen molar-refractivity contribution in [1.29, 1.82) is 0 Å². The Labute approximate surface area is 214 Å². The van der Waals surface area contributed by atoms with Gasteiger partial charge in [-0.25, -0.2) is 4.98 Å². The normalized spacial score (nSPS) is 21.2. The number of nitrogen functional groups attached to an aromatic ring is 1. The first-order valence-electron chi connectivity index (χ1n) is 12.0. The van der Waals surface area contributed by atoms with E-state index >= 15 is 0 Å². The molecular weight excluding hydrogens is 470 g/mol. The summed E-state index contributed by atoms with van der Waals surface area (Å²) in [5.41, 5.74) is 11.0. The van der Waals surface area contributed by atoms with E-state index < -0.39 is 11.5 Å². The summed E-state index contributed by atoms with van der Waals surface area (Å²) in [4.78, 5) is 32.0. The van der Waals surface area contributed by atoms with Gasteiger partial charge in [-0.2, -0.15) is 0 Å². The summed E-state index contributed by atoms with van der Waals surface area (Å²) < 4.78 is 0. The van der Waals surface area contributed by atoms with Gasteiger partial charge < -0.3 is 16.2 Å². The number of hydrogen-bond acceptors (Lipinski definition) is 6. The van der Waals surface area contributed by atoms with Crippen molar-refractivity contribution in [2.24, 2.45) is 5.92 Å². The van der Waals surface area contributed by atoms with Crippen LogP contribution in [0.15, 0.2) is 54.6 Å². The number of hydrogen-bond donors (Lipinski definition) is 3. The molecule has 2 aromatic heterocycles. The summed E-state index contributed by atoms with van der Waals surface area (Å²) in [5, 5.41) is 15.2. The van der Waals surface area contributed by atoms with Gasteiger partial charge >= 0.3 is 0 Å². The van der Waals surface area contributed by atoms with Crippen LogP contribution in [-0.2, 0) is 11.2 Å². The standard InChI is InChI=1S/C29H29N3O3S/c1-15-10-12-19(13-11-15)32-27(34)26-25(30)23-20-14-29(4,35)24(17(3)33)22(18-8-6-5-7-9-18)21(20)16(2)31-28(23)36-26/h5-13,22,24,35H,14,30H2,1-4H3,(H,32,34). The predicted molar refractivity (Wildman–Crippen MR) is 145 cm³/mol. The molecule has 0 saturated carbocycles. The molecule has 2 heterocycles. The van der Waals surface area contributed by atoms with Gasteiger partial charge in [0.25, 0.3) is 5.91 Å². The molecule has 36 heavy (non-hydrogen) atoms. The second kappa shape index (κ2) is 8.84. The molecule has 2 aromatic carbocycles. The number of aliphatic hydroxyl groups is 1. The maximum atomic E-state index is 13.2. The van der Waals surface area contributed by atoms with Crippen LogP contribution in [-0.4, -0.2) is 27.4 Å². The lowest BCUT2D eigenvalue weighted by atomic mass is 9.62. The van der Waals surface area contributed by atoms with E-state index in [0.717, 1.165) is 27.9 Å². The van der Waals surface area contributed by atoms with Crippen molar-refractivity contribution in [3.05, 3.63) is 87.4 Å². The molecule has 6 nitrogen and oxygen atoms in total. The largest absolute Gasteiger partial charge is 0.397 e. The Bertz CT molecular complexity index is 1490. The maximum absolute atomic E-state index is 13.2. The van der Waals surface area contributed by atoms with Crippen LogP contribution in [0.5, 0.6) is 0 Å². The van der Waals surface area contributed by atoms with Crippen LogP contribution >= 0.6 is 11.3 Å². The second-order valence-corrected chi connectivity index (χ2v) is 10.9. The number of ketones is 1. The second-order valence-electron chi connectivity index (χ2n) is 9.95. The molecule has 5 rings (SSSR count). The van der Waals surface area contributed by atoms with Crippen molar-refractivity contribution in [1.82, 2.24) is 4.98 Å². The summed E-state index contributed by atoms with van der Waals surface area (Å²) in [6.07, 6.45) is 0.246. The van der Waals surface area contributed by atoms with Crippen LogP contribution in [0.1, 0.15) is 57.4 Å². The molecule has 1 aliphatic rings. The zero-order valence-electron chi connectivity index (χ0n) is 20.8. The third kappa shape index (κ3) is 3.98. The Morgan fingerprint density at radius 1 is 1.11 bits per heavy atom. The smallest absolute Gasteiger partial charge is 0.267 e. The van der Waals surface area contributed by atoms with E-state index in [1.165, 1.54) is 18.3 Å². The van der Waals surface area contributed by atoms with E-state index in [0.29, 0.717) is 26.5 Å². The zero-order valence-corrected chi connectivity index (χ0v) is 21.6. The Morgan fingerprint density at radius 3 is 2.42 bits per heavy atom. The minimum Gasteiger partial charge on any atom is -0.397 e. The van der Waals surface area contributed by atoms with Gasteiger partial charge in [-0.15, -0.1) is 11.3 Å². The molecule has 184 valence electrons. The van der Waals surface area contributed by atoms with Gasteiger partial charge in [0, 0.05) is 29.1 Å². The first kappa shape index (κ1) is 24.2. The minimum atomic E-state index is -1.29. The number of thiophene rings is 1. The number of aromatic nitrogens is 1. The highest BCUT2D eigenvalue weighted by Crippen LogP contribution is 2.50. The third-order valence-corrected chi connectivity index (χ3v) is 8.27. The highest BCUT2D eigenvalue weighted by molar-refractivity contribution is 7.21. The van der Waals surface area contributed by atoms with Crippen molar-refractivity contribution < 1.29 is 14.7 Å². The number of carbonyl (C=O) groups is 2. The molecular formula is C29H29N3O3S. The summed E-state index contributed by atoms with van der Waals surface area (Å²) in [6, 6.07) is 17.3. The first-order valence-corrected chi connectivity index (χ1v) is 12.8. The molecule has 4 N–H and O–H groups in total. The number of nitrogens with zero attached hydrogens (tertiary/aromatic N) is 1. The SMILES string of the molecule is CC(=O)C1C(c2ccccc2)c2c(C)nc3sc(C(=O)Nc4ccc(C)cc4)c(N)c3c2CC1(C)O. The number of pyridine rings is 1. The molecule has 0 aliphatic heterocycles. The maximum Gasteiger partial charge on any atom is 0.267 e. The summed E-state index contributed by atoms with van der Waals surface area (Å²) in [6.45, 7) is 7.16. The molecule has 0 radical (unpaired) electrons. The van der Waals surface area contributed by atoms with Crippen molar-refractivity contribution in [2.75, 3.05) is 11.1 Å². The number of rotatable bonds is 4. The molecule has 0 bridgehead atoms. The van der Waals surface area contributed by atoms with Crippen LogP contribution in [0.25, 0.3) is 10.2 Å². The molecule has 0 fully saturated rings. The molecule has 3 unspecified atom stereocenters. The van der Waals surface area contributed by atoms with Gasteiger partial charge in [0.2, 0.25) is 0 Å². The zero-order chi connectivity index (χ0) is 25.8. The van der Waals surface area contributed by atoms with Crippen LogP contribution in [0.2, 0.25) is 0 Å². The average molecular weight is 500 g/mol. The average Bonchev–Trinajstić information content (AvgIpc) is 3.15. The molecule has 1 aliphatic carbocycles. The molecule has 1 amide bonds. The number of fused-ring (bicyclic) bond motifs is 3.